The zero-order valence-electron chi connectivity index (χ0n) is 9.70. The zero-order chi connectivity index (χ0) is 12.5. The van der Waals surface area contributed by atoms with Crippen molar-refractivity contribution in [3.05, 3.63) is 18.2 Å². The Kier molecular flexibility index (Phi) is 2.55. The first-order valence-corrected chi connectivity index (χ1v) is 5.85. The van der Waals surface area contributed by atoms with Crippen molar-refractivity contribution in [1.29, 1.82) is 0 Å². The van der Waals surface area contributed by atoms with Gasteiger partial charge in [-0.2, -0.15) is 4.98 Å². The Morgan fingerprint density at radius 1 is 1.11 bits per heavy atom. The summed E-state index contributed by atoms with van der Waals surface area (Å²) in [7, 11) is 0. The van der Waals surface area contributed by atoms with Gasteiger partial charge in [0.2, 0.25) is 0 Å². The minimum absolute atomic E-state index is 0.0772. The molecule has 0 unspecified atom stereocenters. The number of benzene rings is 1. The van der Waals surface area contributed by atoms with Gasteiger partial charge < -0.3 is 19.6 Å². The minimum atomic E-state index is -0.0772. The molecule has 0 radical (unpaired) electrons. The van der Waals surface area contributed by atoms with Crippen LogP contribution in [0.3, 0.4) is 0 Å². The highest BCUT2D eigenvalue weighted by Crippen LogP contribution is 2.36. The highest BCUT2D eigenvalue weighted by Gasteiger charge is 2.21. The Labute approximate surface area is 103 Å². The second kappa shape index (κ2) is 4.21. The van der Waals surface area contributed by atoms with Crippen LogP contribution in [-0.2, 0) is 0 Å². The summed E-state index contributed by atoms with van der Waals surface area (Å²) in [4.78, 5) is 6.23. The molecular weight excluding hydrogens is 234 g/mol. The summed E-state index contributed by atoms with van der Waals surface area (Å²) < 4.78 is 5.10. The van der Waals surface area contributed by atoms with E-state index < -0.39 is 0 Å². The molecule has 1 aliphatic rings. The molecule has 0 saturated carbocycles. The highest BCUT2D eigenvalue weighted by molar-refractivity contribution is 5.70. The van der Waals surface area contributed by atoms with Gasteiger partial charge in [-0.1, -0.05) is 6.07 Å². The molecule has 1 saturated heterocycles. The molecule has 0 aliphatic carbocycles. The summed E-state index contributed by atoms with van der Waals surface area (Å²) >= 11 is 0. The Balaban J connectivity index is 1.97. The van der Waals surface area contributed by atoms with Crippen LogP contribution in [0.2, 0.25) is 0 Å². The predicted molar refractivity (Wildman–Crippen MR) is 64.5 cm³/mol. The van der Waals surface area contributed by atoms with Crippen molar-refractivity contribution in [3.63, 3.8) is 0 Å². The molecule has 0 atom stereocenters. The Bertz CT molecular complexity index is 541. The summed E-state index contributed by atoms with van der Waals surface area (Å²) in [6, 6.07) is 4.48. The molecule has 94 valence electrons. The summed E-state index contributed by atoms with van der Waals surface area (Å²) in [5, 5.41) is 23.3. The van der Waals surface area contributed by atoms with Gasteiger partial charge in [0.25, 0.3) is 11.8 Å². The van der Waals surface area contributed by atoms with E-state index >= 15 is 0 Å². The van der Waals surface area contributed by atoms with Crippen LogP contribution in [0.5, 0.6) is 11.5 Å². The SMILES string of the molecule is Oc1cccc(O)c1-c1nc(N2CCCC2)no1. The first-order valence-electron chi connectivity index (χ1n) is 5.85. The number of hydrogen-bond donors (Lipinski definition) is 2. The predicted octanol–water partition coefficient (Wildman–Crippen LogP) is 1.75. The van der Waals surface area contributed by atoms with Crippen molar-refractivity contribution < 1.29 is 14.7 Å². The fourth-order valence-electron chi connectivity index (χ4n) is 2.11. The van der Waals surface area contributed by atoms with Crippen molar-refractivity contribution in [3.8, 4) is 23.0 Å². The summed E-state index contributed by atoms with van der Waals surface area (Å²) in [6.45, 7) is 1.82. The molecule has 6 heteroatoms. The second-order valence-corrected chi connectivity index (χ2v) is 4.26. The molecule has 3 rings (SSSR count). The van der Waals surface area contributed by atoms with Crippen LogP contribution in [0.1, 0.15) is 12.8 Å². The van der Waals surface area contributed by atoms with E-state index in [1.54, 1.807) is 6.07 Å². The average Bonchev–Trinajstić information content (AvgIpc) is 2.99. The lowest BCUT2D eigenvalue weighted by Crippen LogP contribution is -2.18. The van der Waals surface area contributed by atoms with E-state index in [1.807, 2.05) is 4.90 Å². The van der Waals surface area contributed by atoms with Crippen molar-refractivity contribution in [1.82, 2.24) is 10.1 Å². The first kappa shape index (κ1) is 10.9. The third-order valence-electron chi connectivity index (χ3n) is 3.04. The molecule has 2 heterocycles. The summed E-state index contributed by atoms with van der Waals surface area (Å²) in [5.41, 5.74) is 0.176. The number of nitrogens with zero attached hydrogens (tertiary/aromatic N) is 3. The van der Waals surface area contributed by atoms with Gasteiger partial charge in [-0.3, -0.25) is 0 Å². The summed E-state index contributed by atoms with van der Waals surface area (Å²) in [6.07, 6.45) is 2.23. The van der Waals surface area contributed by atoms with E-state index in [9.17, 15) is 10.2 Å². The fourth-order valence-corrected chi connectivity index (χ4v) is 2.11. The molecule has 6 nitrogen and oxygen atoms in total. The monoisotopic (exact) mass is 247 g/mol. The van der Waals surface area contributed by atoms with Gasteiger partial charge in [0, 0.05) is 13.1 Å². The van der Waals surface area contributed by atoms with Crippen molar-refractivity contribution in [2.75, 3.05) is 18.0 Å². The maximum Gasteiger partial charge on any atom is 0.267 e. The van der Waals surface area contributed by atoms with E-state index in [0.29, 0.717) is 5.95 Å². The van der Waals surface area contributed by atoms with Gasteiger partial charge in [0.1, 0.15) is 17.1 Å². The third kappa shape index (κ3) is 1.75. The molecule has 1 fully saturated rings. The lowest BCUT2D eigenvalue weighted by Gasteiger charge is -2.09. The van der Waals surface area contributed by atoms with E-state index in [0.717, 1.165) is 25.9 Å². The Morgan fingerprint density at radius 3 is 2.44 bits per heavy atom. The molecule has 1 aliphatic heterocycles. The van der Waals surface area contributed by atoms with Gasteiger partial charge in [-0.05, 0) is 30.1 Å². The highest BCUT2D eigenvalue weighted by atomic mass is 16.5. The maximum absolute atomic E-state index is 9.72. The van der Waals surface area contributed by atoms with Crippen LogP contribution < -0.4 is 4.90 Å². The van der Waals surface area contributed by atoms with Crippen molar-refractivity contribution >= 4 is 5.95 Å². The smallest absolute Gasteiger partial charge is 0.267 e. The van der Waals surface area contributed by atoms with Crippen LogP contribution in [0, 0.1) is 0 Å². The Hall–Kier alpha value is -2.24. The number of hydrogen-bond acceptors (Lipinski definition) is 6. The normalized spacial score (nSPS) is 15.2. The first-order chi connectivity index (χ1) is 8.75. The van der Waals surface area contributed by atoms with Gasteiger partial charge in [-0.25, -0.2) is 0 Å². The number of phenolic OH excluding ortho intramolecular Hbond substituents is 2. The summed E-state index contributed by atoms with van der Waals surface area (Å²) in [5.74, 6) is 0.482. The van der Waals surface area contributed by atoms with E-state index in [-0.39, 0.29) is 23.0 Å². The van der Waals surface area contributed by atoms with Gasteiger partial charge in [-0.15, -0.1) is 0 Å². The number of anilines is 1. The van der Waals surface area contributed by atoms with E-state index in [1.165, 1.54) is 12.1 Å². The van der Waals surface area contributed by atoms with Crippen LogP contribution in [0.15, 0.2) is 22.7 Å². The molecule has 2 N–H and O–H groups in total. The van der Waals surface area contributed by atoms with Gasteiger partial charge in [0.15, 0.2) is 0 Å². The molecule has 1 aromatic carbocycles. The second-order valence-electron chi connectivity index (χ2n) is 4.26. The quantitative estimate of drug-likeness (QED) is 0.841. The molecule has 0 spiro atoms. The molecule has 18 heavy (non-hydrogen) atoms. The van der Waals surface area contributed by atoms with Crippen LogP contribution in [-0.4, -0.2) is 33.4 Å². The van der Waals surface area contributed by atoms with Gasteiger partial charge in [0.05, 0.1) is 0 Å². The van der Waals surface area contributed by atoms with E-state index in [2.05, 4.69) is 10.1 Å². The lowest BCUT2D eigenvalue weighted by molar-refractivity contribution is 0.414. The standard InChI is InChI=1S/C12H13N3O3/c16-8-4-3-5-9(17)10(8)11-13-12(14-18-11)15-6-1-2-7-15/h3-5,16-17H,1-2,6-7H2. The van der Waals surface area contributed by atoms with Crippen molar-refractivity contribution in [2.45, 2.75) is 12.8 Å². The van der Waals surface area contributed by atoms with E-state index in [4.69, 9.17) is 4.52 Å². The number of phenols is 2. The van der Waals surface area contributed by atoms with Crippen LogP contribution in [0.4, 0.5) is 5.95 Å². The number of rotatable bonds is 2. The molecule has 0 amide bonds. The number of aromatic nitrogens is 2. The topological polar surface area (TPSA) is 82.6 Å². The van der Waals surface area contributed by atoms with Crippen LogP contribution in [0.25, 0.3) is 11.5 Å². The number of aromatic hydroxyl groups is 2. The lowest BCUT2D eigenvalue weighted by atomic mass is 10.2. The maximum atomic E-state index is 9.72. The Morgan fingerprint density at radius 2 is 1.78 bits per heavy atom. The molecular formula is C12H13N3O3. The average molecular weight is 247 g/mol. The van der Waals surface area contributed by atoms with Crippen molar-refractivity contribution in [2.24, 2.45) is 0 Å². The minimum Gasteiger partial charge on any atom is -0.507 e. The third-order valence-corrected chi connectivity index (χ3v) is 3.04. The molecule has 2 aromatic rings. The van der Waals surface area contributed by atoms with Crippen LogP contribution >= 0.6 is 0 Å². The fraction of sp³-hybridized carbons (Fsp3) is 0.333. The molecule has 0 bridgehead atoms. The zero-order valence-corrected chi connectivity index (χ0v) is 9.70. The molecule has 1 aromatic heterocycles. The largest absolute Gasteiger partial charge is 0.507 e. The van der Waals surface area contributed by atoms with Gasteiger partial charge >= 0.3 is 0 Å².